The van der Waals surface area contributed by atoms with Gasteiger partial charge in [-0.15, -0.1) is 11.8 Å². The second-order valence-electron chi connectivity index (χ2n) is 9.66. The minimum absolute atomic E-state index is 0.0148. The molecule has 0 amide bonds. The third-order valence-corrected chi connectivity index (χ3v) is 8.77. The number of rotatable bonds is 11. The molecule has 37 heavy (non-hydrogen) atoms. The molecule has 2 heterocycles. The SMILES string of the molecule is COc1ccc2ncc(Cl)c([C@H](F)CCC3(CO)CCN(CCCSc4cccc(F)c4F)CC3)c2c1. The summed E-state index contributed by atoms with van der Waals surface area (Å²) in [5, 5.41) is 11.2. The minimum Gasteiger partial charge on any atom is -0.497 e. The molecule has 1 aliphatic rings. The van der Waals surface area contributed by atoms with E-state index < -0.39 is 17.8 Å². The molecular formula is C28H32ClF3N2O2S. The number of likely N-dealkylation sites (tertiary alicyclic amines) is 1. The largest absolute Gasteiger partial charge is 0.497 e. The van der Waals surface area contributed by atoms with Crippen molar-refractivity contribution >= 4 is 34.3 Å². The smallest absolute Gasteiger partial charge is 0.172 e. The third kappa shape index (κ3) is 6.72. The summed E-state index contributed by atoms with van der Waals surface area (Å²) in [5.74, 6) is -0.305. The zero-order valence-corrected chi connectivity index (χ0v) is 22.4. The van der Waals surface area contributed by atoms with E-state index in [1.807, 2.05) is 0 Å². The Balaban J connectivity index is 1.29. The molecule has 9 heteroatoms. The van der Waals surface area contributed by atoms with Crippen molar-refractivity contribution in [3.05, 3.63) is 64.8 Å². The van der Waals surface area contributed by atoms with Crippen LogP contribution in [0.15, 0.2) is 47.5 Å². The zero-order valence-electron chi connectivity index (χ0n) is 20.9. The lowest BCUT2D eigenvalue weighted by Crippen LogP contribution is -2.42. The first-order valence-corrected chi connectivity index (χ1v) is 13.9. The molecule has 1 aliphatic heterocycles. The predicted octanol–water partition coefficient (Wildman–Crippen LogP) is 7.22. The van der Waals surface area contributed by atoms with Crippen molar-refractivity contribution < 1.29 is 23.0 Å². The first kappa shape index (κ1) is 28.0. The first-order chi connectivity index (χ1) is 17.9. The average Bonchev–Trinajstić information content (AvgIpc) is 2.92. The fourth-order valence-electron chi connectivity index (χ4n) is 4.99. The molecule has 3 aromatic rings. The highest BCUT2D eigenvalue weighted by Crippen LogP contribution is 2.42. The van der Waals surface area contributed by atoms with Crippen LogP contribution in [0.5, 0.6) is 5.75 Å². The van der Waals surface area contributed by atoms with Gasteiger partial charge in [0.15, 0.2) is 11.6 Å². The number of alkyl halides is 1. The van der Waals surface area contributed by atoms with Gasteiger partial charge in [0.1, 0.15) is 11.9 Å². The molecule has 4 nitrogen and oxygen atoms in total. The Bertz CT molecular complexity index is 1210. The van der Waals surface area contributed by atoms with Crippen LogP contribution < -0.4 is 4.74 Å². The molecule has 0 radical (unpaired) electrons. The summed E-state index contributed by atoms with van der Waals surface area (Å²) in [4.78, 5) is 6.96. The Hall–Kier alpha value is -2.00. The van der Waals surface area contributed by atoms with E-state index in [2.05, 4.69) is 9.88 Å². The van der Waals surface area contributed by atoms with Crippen molar-refractivity contribution in [1.29, 1.82) is 0 Å². The van der Waals surface area contributed by atoms with E-state index in [0.717, 1.165) is 45.0 Å². The van der Waals surface area contributed by atoms with Crippen molar-refractivity contribution in [2.45, 2.75) is 43.2 Å². The maximum absolute atomic E-state index is 15.6. The van der Waals surface area contributed by atoms with Crippen LogP contribution in [-0.4, -0.2) is 54.1 Å². The molecule has 1 N–H and O–H groups in total. The second kappa shape index (κ2) is 12.7. The molecule has 0 bridgehead atoms. The normalized spacial score (nSPS) is 16.7. The van der Waals surface area contributed by atoms with E-state index in [1.54, 1.807) is 31.4 Å². The summed E-state index contributed by atoms with van der Waals surface area (Å²) in [6.07, 6.45) is 3.41. The van der Waals surface area contributed by atoms with Crippen LogP contribution in [0.25, 0.3) is 10.9 Å². The number of piperidine rings is 1. The van der Waals surface area contributed by atoms with Crippen LogP contribution in [0.1, 0.15) is 43.8 Å². The third-order valence-electron chi connectivity index (χ3n) is 7.35. The fourth-order valence-corrected chi connectivity index (χ4v) is 6.16. The van der Waals surface area contributed by atoms with Crippen LogP contribution in [0.3, 0.4) is 0 Å². The lowest BCUT2D eigenvalue weighted by Gasteiger charge is -2.41. The van der Waals surface area contributed by atoms with Gasteiger partial charge in [0.2, 0.25) is 0 Å². The van der Waals surface area contributed by atoms with Gasteiger partial charge in [-0.3, -0.25) is 4.98 Å². The van der Waals surface area contributed by atoms with Gasteiger partial charge >= 0.3 is 0 Å². The van der Waals surface area contributed by atoms with Gasteiger partial charge in [0, 0.05) is 28.6 Å². The molecule has 1 fully saturated rings. The molecule has 1 aromatic heterocycles. The number of hydrogen-bond donors (Lipinski definition) is 1. The summed E-state index contributed by atoms with van der Waals surface area (Å²) < 4.78 is 48.1. The lowest BCUT2D eigenvalue weighted by molar-refractivity contribution is 0.0304. The van der Waals surface area contributed by atoms with Gasteiger partial charge in [0.25, 0.3) is 0 Å². The molecular weight excluding hydrogens is 521 g/mol. The van der Waals surface area contributed by atoms with E-state index in [9.17, 15) is 13.9 Å². The summed E-state index contributed by atoms with van der Waals surface area (Å²) in [6.45, 7) is 2.48. The number of aromatic nitrogens is 1. The second-order valence-corrected chi connectivity index (χ2v) is 11.2. The van der Waals surface area contributed by atoms with Gasteiger partial charge in [-0.05, 0) is 93.2 Å². The number of benzene rings is 2. The average molecular weight is 553 g/mol. The maximum Gasteiger partial charge on any atom is 0.172 e. The highest BCUT2D eigenvalue weighted by Gasteiger charge is 2.35. The summed E-state index contributed by atoms with van der Waals surface area (Å²) in [6, 6.07) is 9.57. The van der Waals surface area contributed by atoms with Gasteiger partial charge in [-0.1, -0.05) is 17.7 Å². The zero-order chi connectivity index (χ0) is 26.4. The monoisotopic (exact) mass is 552 g/mol. The van der Waals surface area contributed by atoms with Gasteiger partial charge in [-0.25, -0.2) is 13.2 Å². The number of methoxy groups -OCH3 is 1. The van der Waals surface area contributed by atoms with Crippen molar-refractivity contribution in [3.63, 3.8) is 0 Å². The van der Waals surface area contributed by atoms with Crippen molar-refractivity contribution in [2.75, 3.05) is 39.1 Å². The minimum atomic E-state index is -1.29. The molecule has 200 valence electrons. The van der Waals surface area contributed by atoms with E-state index >= 15 is 4.39 Å². The fraction of sp³-hybridized carbons (Fsp3) is 0.464. The Kier molecular flexibility index (Phi) is 9.62. The molecule has 1 atom stereocenters. The van der Waals surface area contributed by atoms with Crippen molar-refractivity contribution in [3.8, 4) is 5.75 Å². The highest BCUT2D eigenvalue weighted by atomic mass is 35.5. The molecule has 0 aliphatic carbocycles. The van der Waals surface area contributed by atoms with E-state index in [-0.39, 0.29) is 23.5 Å². The molecule has 2 aromatic carbocycles. The summed E-state index contributed by atoms with van der Waals surface area (Å²) in [5.41, 5.74) is 0.752. The number of fused-ring (bicyclic) bond motifs is 1. The Labute approximate surface area is 225 Å². The molecule has 0 spiro atoms. The molecule has 0 unspecified atom stereocenters. The molecule has 0 saturated carbocycles. The standard InChI is InChI=1S/C28H32ClF3N2O2S/c1-36-19-6-7-24-20(16-19)26(21(29)17-33-24)22(30)8-9-28(18-35)10-13-34(14-11-28)12-3-15-37-25-5-2-4-23(31)27(25)32/h2,4-7,16-17,22,35H,3,8-15,18H2,1H3/t22-/m1/s1. The van der Waals surface area contributed by atoms with Gasteiger partial charge in [-0.2, -0.15) is 0 Å². The summed E-state index contributed by atoms with van der Waals surface area (Å²) >= 11 is 7.70. The van der Waals surface area contributed by atoms with Crippen molar-refractivity contribution in [2.24, 2.45) is 5.41 Å². The molecule has 4 rings (SSSR count). The number of hydrogen-bond acceptors (Lipinski definition) is 5. The number of aliphatic hydroxyl groups is 1. The number of aliphatic hydroxyl groups excluding tert-OH is 1. The van der Waals surface area contributed by atoms with Gasteiger partial charge < -0.3 is 14.7 Å². The van der Waals surface area contributed by atoms with Crippen LogP contribution in [0, 0.1) is 17.0 Å². The summed E-state index contributed by atoms with van der Waals surface area (Å²) in [7, 11) is 1.56. The van der Waals surface area contributed by atoms with Crippen LogP contribution in [0.2, 0.25) is 5.02 Å². The number of nitrogens with zero attached hydrogens (tertiary/aromatic N) is 2. The van der Waals surface area contributed by atoms with E-state index in [1.165, 1.54) is 24.0 Å². The van der Waals surface area contributed by atoms with Crippen LogP contribution in [0.4, 0.5) is 13.2 Å². The lowest BCUT2D eigenvalue weighted by atomic mass is 9.74. The quantitative estimate of drug-likeness (QED) is 0.201. The van der Waals surface area contributed by atoms with Crippen LogP contribution >= 0.6 is 23.4 Å². The Morgan fingerprint density at radius 3 is 2.73 bits per heavy atom. The first-order valence-electron chi connectivity index (χ1n) is 12.5. The molecule has 1 saturated heterocycles. The van der Waals surface area contributed by atoms with E-state index in [4.69, 9.17) is 16.3 Å². The predicted molar refractivity (Wildman–Crippen MR) is 143 cm³/mol. The topological polar surface area (TPSA) is 45.6 Å². The number of thioether (sulfide) groups is 1. The van der Waals surface area contributed by atoms with E-state index in [0.29, 0.717) is 39.3 Å². The van der Waals surface area contributed by atoms with Crippen LogP contribution in [-0.2, 0) is 0 Å². The number of halogens is 4. The Morgan fingerprint density at radius 1 is 1.22 bits per heavy atom. The van der Waals surface area contributed by atoms with Crippen molar-refractivity contribution in [1.82, 2.24) is 9.88 Å². The highest BCUT2D eigenvalue weighted by molar-refractivity contribution is 7.99. The maximum atomic E-state index is 15.6. The number of ether oxygens (including phenoxy) is 1. The Morgan fingerprint density at radius 2 is 2.00 bits per heavy atom. The number of pyridine rings is 1. The van der Waals surface area contributed by atoms with Gasteiger partial charge in [0.05, 0.1) is 17.6 Å².